The number of carbonyl (C=O) groups is 2. The van der Waals surface area contributed by atoms with Crippen molar-refractivity contribution in [1.82, 2.24) is 4.98 Å². The molecular weight excluding hydrogens is 420 g/mol. The Bertz CT molecular complexity index is 1340. The van der Waals surface area contributed by atoms with E-state index >= 15 is 0 Å². The number of H-pyrrole nitrogens is 1. The first-order valence-corrected chi connectivity index (χ1v) is 9.85. The Kier molecular flexibility index (Phi) is 5.60. The fourth-order valence-corrected chi connectivity index (χ4v) is 3.37. The maximum absolute atomic E-state index is 12.6. The molecule has 0 aliphatic heterocycles. The summed E-state index contributed by atoms with van der Waals surface area (Å²) in [4.78, 5) is 40.8. The van der Waals surface area contributed by atoms with Gasteiger partial charge in [0.05, 0.1) is 12.3 Å². The number of esters is 1. The second-order valence-corrected chi connectivity index (χ2v) is 7.02. The van der Waals surface area contributed by atoms with E-state index in [1.807, 2.05) is 0 Å². The van der Waals surface area contributed by atoms with Gasteiger partial charge in [-0.2, -0.15) is 0 Å². The zero-order valence-electron chi connectivity index (χ0n) is 16.4. The van der Waals surface area contributed by atoms with Crippen molar-refractivity contribution in [2.75, 3.05) is 11.9 Å². The van der Waals surface area contributed by atoms with Crippen molar-refractivity contribution in [2.24, 2.45) is 0 Å². The molecule has 0 aliphatic carbocycles. The summed E-state index contributed by atoms with van der Waals surface area (Å²) in [6, 6.07) is 16.6. The largest absolute Gasteiger partial charge is 0.462 e. The molecule has 4 aromatic rings. The first-order chi connectivity index (χ1) is 15.0. The summed E-state index contributed by atoms with van der Waals surface area (Å²) in [6.07, 6.45) is 0. The van der Waals surface area contributed by atoms with Crippen LogP contribution in [0.1, 0.15) is 27.6 Å². The first-order valence-electron chi connectivity index (χ1n) is 9.47. The number of halogens is 1. The molecule has 2 aromatic carbocycles. The van der Waals surface area contributed by atoms with Gasteiger partial charge in [-0.25, -0.2) is 9.59 Å². The fraction of sp³-hybridized carbons (Fsp3) is 0.0870. The molecule has 0 radical (unpaired) electrons. The number of rotatable bonds is 5. The van der Waals surface area contributed by atoms with E-state index < -0.39 is 17.5 Å². The Labute approximate surface area is 181 Å². The van der Waals surface area contributed by atoms with Crippen LogP contribution in [0.2, 0.25) is 5.02 Å². The van der Waals surface area contributed by atoms with E-state index in [0.717, 1.165) is 0 Å². The van der Waals surface area contributed by atoms with Gasteiger partial charge in [0, 0.05) is 21.5 Å². The topological polar surface area (TPSA) is 101 Å². The number of carbonyl (C=O) groups excluding carboxylic acids is 2. The summed E-state index contributed by atoms with van der Waals surface area (Å²) >= 11 is 6.23. The van der Waals surface area contributed by atoms with Gasteiger partial charge >= 0.3 is 11.6 Å². The van der Waals surface area contributed by atoms with Crippen LogP contribution in [0.25, 0.3) is 22.4 Å². The SMILES string of the molecule is CCOC(=O)c1cc(NC(=O)c2ccccc2)c(=O)oc1-c1cc2c(Cl)cccc2[nH]1. The maximum atomic E-state index is 12.6. The van der Waals surface area contributed by atoms with Gasteiger partial charge in [0.2, 0.25) is 0 Å². The van der Waals surface area contributed by atoms with Gasteiger partial charge in [-0.05, 0) is 43.3 Å². The molecule has 2 N–H and O–H groups in total. The van der Waals surface area contributed by atoms with Crippen molar-refractivity contribution in [3.63, 3.8) is 0 Å². The van der Waals surface area contributed by atoms with Crippen LogP contribution in [0.15, 0.2) is 69.9 Å². The molecular formula is C23H17ClN2O5. The summed E-state index contributed by atoms with van der Waals surface area (Å²) in [5.74, 6) is -1.21. The molecule has 0 saturated heterocycles. The van der Waals surface area contributed by atoms with E-state index in [0.29, 0.717) is 27.2 Å². The standard InChI is InChI=1S/C23H17ClN2O5/c1-2-30-22(28)15-12-19(26-21(27)13-7-4-3-5-8-13)23(29)31-20(15)18-11-14-16(24)9-6-10-17(14)25-18/h3-12,25H,2H2,1H3,(H,26,27). The molecule has 2 heterocycles. The van der Waals surface area contributed by atoms with Crippen LogP contribution in [-0.4, -0.2) is 23.5 Å². The average Bonchev–Trinajstić information content (AvgIpc) is 3.21. The molecule has 0 aliphatic rings. The minimum absolute atomic E-state index is 0.00609. The average molecular weight is 437 g/mol. The maximum Gasteiger partial charge on any atom is 0.360 e. The molecule has 156 valence electrons. The molecule has 31 heavy (non-hydrogen) atoms. The third-order valence-electron chi connectivity index (χ3n) is 4.58. The summed E-state index contributed by atoms with van der Waals surface area (Å²) < 4.78 is 10.6. The molecule has 4 rings (SSSR count). The molecule has 0 atom stereocenters. The van der Waals surface area contributed by atoms with Crippen LogP contribution < -0.4 is 10.9 Å². The predicted molar refractivity (Wildman–Crippen MR) is 118 cm³/mol. The van der Waals surface area contributed by atoms with E-state index in [4.69, 9.17) is 20.8 Å². The number of nitrogens with one attached hydrogen (secondary N) is 2. The quantitative estimate of drug-likeness (QED) is 0.434. The van der Waals surface area contributed by atoms with Crippen LogP contribution in [0.5, 0.6) is 0 Å². The number of aromatic nitrogens is 1. The minimum atomic E-state index is -0.808. The van der Waals surface area contributed by atoms with Crippen molar-refractivity contribution in [2.45, 2.75) is 6.92 Å². The van der Waals surface area contributed by atoms with Gasteiger partial charge in [-0.15, -0.1) is 0 Å². The third kappa shape index (κ3) is 4.08. The van der Waals surface area contributed by atoms with Crippen molar-refractivity contribution >= 4 is 40.1 Å². The van der Waals surface area contributed by atoms with Crippen LogP contribution >= 0.6 is 11.6 Å². The van der Waals surface area contributed by atoms with Gasteiger partial charge in [0.1, 0.15) is 11.3 Å². The molecule has 1 amide bonds. The fourth-order valence-electron chi connectivity index (χ4n) is 3.14. The number of anilines is 1. The highest BCUT2D eigenvalue weighted by atomic mass is 35.5. The van der Waals surface area contributed by atoms with Gasteiger partial charge < -0.3 is 19.5 Å². The normalized spacial score (nSPS) is 10.8. The van der Waals surface area contributed by atoms with Crippen molar-refractivity contribution in [3.05, 3.63) is 87.2 Å². The van der Waals surface area contributed by atoms with Crippen molar-refractivity contribution < 1.29 is 18.7 Å². The van der Waals surface area contributed by atoms with E-state index in [1.54, 1.807) is 61.5 Å². The van der Waals surface area contributed by atoms with Crippen LogP contribution in [0.4, 0.5) is 5.69 Å². The van der Waals surface area contributed by atoms with Gasteiger partial charge in [-0.1, -0.05) is 35.9 Å². The first kappa shape index (κ1) is 20.4. The number of amides is 1. The number of hydrogen-bond acceptors (Lipinski definition) is 5. The van der Waals surface area contributed by atoms with E-state index in [9.17, 15) is 14.4 Å². The molecule has 0 saturated carbocycles. The lowest BCUT2D eigenvalue weighted by atomic mass is 10.1. The number of benzene rings is 2. The van der Waals surface area contributed by atoms with Crippen molar-refractivity contribution in [1.29, 1.82) is 0 Å². The second-order valence-electron chi connectivity index (χ2n) is 6.62. The van der Waals surface area contributed by atoms with E-state index in [-0.39, 0.29) is 23.6 Å². The monoisotopic (exact) mass is 436 g/mol. The Morgan fingerprint density at radius 1 is 1.10 bits per heavy atom. The van der Waals surface area contributed by atoms with Crippen LogP contribution in [-0.2, 0) is 4.74 Å². The Hall–Kier alpha value is -3.84. The summed E-state index contributed by atoms with van der Waals surface area (Å²) in [5, 5.41) is 3.71. The Morgan fingerprint density at radius 2 is 1.87 bits per heavy atom. The second kappa shape index (κ2) is 8.49. The van der Waals surface area contributed by atoms with Gasteiger partial charge in [0.25, 0.3) is 5.91 Å². The molecule has 0 bridgehead atoms. The lowest BCUT2D eigenvalue weighted by Crippen LogP contribution is -2.20. The number of hydrogen-bond donors (Lipinski definition) is 2. The van der Waals surface area contributed by atoms with Crippen LogP contribution in [0.3, 0.4) is 0 Å². The smallest absolute Gasteiger partial charge is 0.360 e. The number of fused-ring (bicyclic) bond motifs is 1. The Balaban J connectivity index is 1.80. The van der Waals surface area contributed by atoms with Gasteiger partial charge in [0.15, 0.2) is 5.76 Å². The van der Waals surface area contributed by atoms with Gasteiger partial charge in [-0.3, -0.25) is 4.79 Å². The molecule has 8 heteroatoms. The van der Waals surface area contributed by atoms with E-state index in [2.05, 4.69) is 10.3 Å². The zero-order valence-corrected chi connectivity index (χ0v) is 17.2. The lowest BCUT2D eigenvalue weighted by Gasteiger charge is -2.09. The number of aromatic amines is 1. The zero-order chi connectivity index (χ0) is 22.0. The Morgan fingerprint density at radius 3 is 2.58 bits per heavy atom. The van der Waals surface area contributed by atoms with Crippen LogP contribution in [0, 0.1) is 0 Å². The highest BCUT2D eigenvalue weighted by Gasteiger charge is 2.23. The minimum Gasteiger partial charge on any atom is -0.462 e. The summed E-state index contributed by atoms with van der Waals surface area (Å²) in [6.45, 7) is 1.79. The highest BCUT2D eigenvalue weighted by Crippen LogP contribution is 2.31. The highest BCUT2D eigenvalue weighted by molar-refractivity contribution is 6.35. The third-order valence-corrected chi connectivity index (χ3v) is 4.91. The summed E-state index contributed by atoms with van der Waals surface area (Å²) in [5.41, 5.74) is 0.457. The predicted octanol–water partition coefficient (Wildman–Crippen LogP) is 4.87. The molecule has 0 fully saturated rings. The van der Waals surface area contributed by atoms with E-state index in [1.165, 1.54) is 6.07 Å². The lowest BCUT2D eigenvalue weighted by molar-refractivity contribution is 0.0524. The molecule has 2 aromatic heterocycles. The summed E-state index contributed by atoms with van der Waals surface area (Å²) in [7, 11) is 0. The molecule has 0 unspecified atom stereocenters. The van der Waals surface area contributed by atoms with Crippen molar-refractivity contribution in [3.8, 4) is 11.5 Å². The molecule has 7 nitrogen and oxygen atoms in total. The number of ether oxygens (including phenoxy) is 1. The molecule has 0 spiro atoms.